The van der Waals surface area contributed by atoms with Crippen LogP contribution in [0.2, 0.25) is 0 Å². The second-order valence-electron chi connectivity index (χ2n) is 13.3. The maximum Gasteiger partial charge on any atom is 0.393 e. The summed E-state index contributed by atoms with van der Waals surface area (Å²) in [7, 11) is 0.167. The van der Waals surface area contributed by atoms with Gasteiger partial charge < -0.3 is 50.7 Å². The highest BCUT2D eigenvalue weighted by atomic mass is 32.1. The Labute approximate surface area is 311 Å². The lowest BCUT2D eigenvalue weighted by molar-refractivity contribution is -0.569. The Bertz CT molecular complexity index is 2020. The van der Waals surface area contributed by atoms with Crippen LogP contribution in [-0.2, 0) is 24.1 Å². The molecule has 1 aromatic carbocycles. The van der Waals surface area contributed by atoms with Crippen molar-refractivity contribution in [3.8, 4) is 6.07 Å². The second-order valence-corrected chi connectivity index (χ2v) is 14.8. The molecule has 0 amide bonds. The van der Waals surface area contributed by atoms with E-state index in [2.05, 4.69) is 26.3 Å². The van der Waals surface area contributed by atoms with E-state index in [4.69, 9.17) is 4.57 Å². The van der Waals surface area contributed by atoms with E-state index in [1.54, 1.807) is 18.8 Å². The molecule has 3 aromatic heterocycles. The minimum absolute atomic E-state index is 0.0376. The van der Waals surface area contributed by atoms with Crippen LogP contribution in [0.3, 0.4) is 0 Å². The zero-order chi connectivity index (χ0) is 40.0. The second kappa shape index (κ2) is 15.2. The minimum Gasteiger partial charge on any atom is -0.367 e. The number of nitrogens with zero attached hydrogens (tertiary/aromatic N) is 6. The summed E-state index contributed by atoms with van der Waals surface area (Å²) < 4.78 is 49.2. The van der Waals surface area contributed by atoms with Crippen LogP contribution in [0.25, 0.3) is 21.1 Å². The molecule has 0 radical (unpaired) electrons. The molecule has 2 saturated heterocycles. The van der Waals surface area contributed by atoms with Gasteiger partial charge >= 0.3 is 18.0 Å². The number of aryl methyl sites for hydroxylation is 1. The van der Waals surface area contributed by atoms with Crippen molar-refractivity contribution >= 4 is 46.7 Å². The third-order valence-corrected chi connectivity index (χ3v) is 10.5. The molecule has 0 saturated carbocycles. The highest BCUT2D eigenvalue weighted by Crippen LogP contribution is 2.39. The molecule has 22 heteroatoms. The van der Waals surface area contributed by atoms with Gasteiger partial charge in [-0.1, -0.05) is 6.07 Å². The average molecular weight is 801 g/mol. The lowest BCUT2D eigenvalue weighted by atomic mass is 10.0. The van der Waals surface area contributed by atoms with Crippen LogP contribution in [0.4, 0.5) is 19.0 Å². The Morgan fingerprint density at radius 1 is 1.06 bits per heavy atom. The topological polar surface area (TPSA) is 264 Å². The molecule has 1 atom stereocenters. The number of piperidine rings is 1. The summed E-state index contributed by atoms with van der Waals surface area (Å²) in [6.45, 7) is 6.25. The van der Waals surface area contributed by atoms with E-state index in [9.17, 15) is 59.3 Å². The van der Waals surface area contributed by atoms with E-state index in [1.807, 2.05) is 13.0 Å². The Morgan fingerprint density at radius 3 is 2.24 bits per heavy atom. The summed E-state index contributed by atoms with van der Waals surface area (Å²) >= 11 is 0.997. The third-order valence-electron chi connectivity index (χ3n) is 9.50. The van der Waals surface area contributed by atoms with E-state index in [0.29, 0.717) is 46.6 Å². The minimum atomic E-state index is -4.32. The van der Waals surface area contributed by atoms with Gasteiger partial charge in [-0.2, -0.15) is 23.3 Å². The van der Waals surface area contributed by atoms with E-state index >= 15 is 0 Å². The van der Waals surface area contributed by atoms with Crippen LogP contribution in [0.5, 0.6) is 0 Å². The lowest BCUT2D eigenvalue weighted by Crippen LogP contribution is -2.90. The number of aliphatic hydroxyl groups is 8. The van der Waals surface area contributed by atoms with E-state index in [1.165, 1.54) is 23.9 Å². The van der Waals surface area contributed by atoms with Crippen LogP contribution in [-0.4, -0.2) is 127 Å². The number of likely N-dealkylation sites (tertiary alicyclic amines) is 1. The number of piperazine rings is 1. The first kappa shape index (κ1) is 41.7. The van der Waals surface area contributed by atoms with Gasteiger partial charge in [0, 0.05) is 60.7 Å². The first-order valence-electron chi connectivity index (χ1n) is 16.5. The van der Waals surface area contributed by atoms with Crippen molar-refractivity contribution in [3.05, 3.63) is 52.3 Å². The Hall–Kier alpha value is -3.46. The van der Waals surface area contributed by atoms with Crippen molar-refractivity contribution in [2.75, 3.05) is 25.1 Å². The lowest BCUT2D eigenvalue weighted by Gasteiger charge is -2.58. The van der Waals surface area contributed by atoms with Crippen LogP contribution < -0.4 is 10.6 Å². The fraction of sp³-hybridized carbons (Fsp3) is 0.531. The monoisotopic (exact) mass is 800 g/mol. The third kappa shape index (κ3) is 8.08. The van der Waals surface area contributed by atoms with E-state index < -0.39 is 42.3 Å². The summed E-state index contributed by atoms with van der Waals surface area (Å²) in [5, 5.41) is 98.2. The number of thiophene rings is 1. The van der Waals surface area contributed by atoms with Crippen LogP contribution >= 0.6 is 19.8 Å². The highest BCUT2D eigenvalue weighted by molar-refractivity contribution is 7.22. The Balaban J connectivity index is 0.00000181. The summed E-state index contributed by atoms with van der Waals surface area (Å²) in [6, 6.07) is 7.32. The fourth-order valence-electron chi connectivity index (χ4n) is 6.88. The first-order valence-corrected chi connectivity index (χ1v) is 18.5. The van der Waals surface area contributed by atoms with Gasteiger partial charge in [0.15, 0.2) is 8.46 Å². The van der Waals surface area contributed by atoms with Gasteiger partial charge in [0.25, 0.3) is 11.8 Å². The normalized spacial score (nSPS) is 20.8. The molecule has 4 aromatic rings. The van der Waals surface area contributed by atoms with Crippen molar-refractivity contribution in [2.24, 2.45) is 0 Å². The molecular formula is C32H40F3N8O9PS. The molecule has 6 rings (SSSR count). The number of aromatic nitrogens is 3. The number of benzene rings is 1. The number of rotatable bonds is 8. The molecule has 294 valence electrons. The molecule has 0 spiro atoms. The van der Waals surface area contributed by atoms with Crippen molar-refractivity contribution in [1.29, 1.82) is 5.26 Å². The van der Waals surface area contributed by atoms with Gasteiger partial charge in [-0.25, -0.2) is 15.3 Å². The van der Waals surface area contributed by atoms with Gasteiger partial charge in [0.05, 0.1) is 11.8 Å². The molecule has 1 unspecified atom stereocenters. The number of hydrogen-bond donors (Lipinski definition) is 10. The van der Waals surface area contributed by atoms with Gasteiger partial charge in [-0.15, -0.1) is 11.3 Å². The van der Waals surface area contributed by atoms with Crippen LogP contribution in [0.1, 0.15) is 41.5 Å². The summed E-state index contributed by atoms with van der Waals surface area (Å²) in [5.41, 5.74) is 2.43. The number of nitrogens with one attached hydrogen (secondary N) is 2. The maximum atomic E-state index is 12.9. The maximum absolute atomic E-state index is 12.9. The number of halogens is 3. The van der Waals surface area contributed by atoms with Gasteiger partial charge in [-0.3, -0.25) is 9.46 Å². The Kier molecular flexibility index (Phi) is 11.8. The van der Waals surface area contributed by atoms with Gasteiger partial charge in [0.2, 0.25) is 0 Å². The molecule has 17 nitrogen and oxygen atoms in total. The Morgan fingerprint density at radius 2 is 1.67 bits per heavy atom. The summed E-state index contributed by atoms with van der Waals surface area (Å²) in [4.78, 5) is 11.2. The van der Waals surface area contributed by atoms with Crippen molar-refractivity contribution < 1.29 is 58.6 Å². The summed E-state index contributed by atoms with van der Waals surface area (Å²) in [6.07, 6.45) is -2.52. The quantitative estimate of drug-likeness (QED) is 0.0871. The van der Waals surface area contributed by atoms with E-state index in [-0.39, 0.29) is 36.5 Å². The van der Waals surface area contributed by atoms with Crippen molar-refractivity contribution in [3.63, 3.8) is 0 Å². The van der Waals surface area contributed by atoms with Crippen molar-refractivity contribution in [1.82, 2.24) is 29.7 Å². The SMILES string of the molecule is CP=O.Cc1c(CN2CCC(Nc3ncnc4sc(CC(F)(F)F)cc34)CC2)ccc2c1cc(C#N)n2CC(C)N1C(O)(O)C(O)(O)NC(O)(O)C1(O)O. The number of anilines is 1. The van der Waals surface area contributed by atoms with Crippen LogP contribution in [0.15, 0.2) is 30.6 Å². The largest absolute Gasteiger partial charge is 0.393 e. The number of alkyl halides is 3. The molecule has 0 aliphatic carbocycles. The molecule has 0 bridgehead atoms. The molecule has 5 heterocycles. The average Bonchev–Trinajstić information content (AvgIpc) is 3.62. The predicted octanol–water partition coefficient (Wildman–Crippen LogP) is 0.763. The molecular weight excluding hydrogens is 760 g/mol. The van der Waals surface area contributed by atoms with Crippen molar-refractivity contribution in [2.45, 2.75) is 88.1 Å². The number of nitriles is 1. The smallest absolute Gasteiger partial charge is 0.367 e. The highest BCUT2D eigenvalue weighted by Gasteiger charge is 2.73. The van der Waals surface area contributed by atoms with Gasteiger partial charge in [0.1, 0.15) is 28.7 Å². The zero-order valence-electron chi connectivity index (χ0n) is 29.1. The van der Waals surface area contributed by atoms with Gasteiger partial charge in [-0.05, 0) is 56.0 Å². The van der Waals surface area contributed by atoms with E-state index in [0.717, 1.165) is 40.6 Å². The molecule has 10 N–H and O–H groups in total. The molecule has 2 aliphatic heterocycles. The fourth-order valence-corrected chi connectivity index (χ4v) is 7.91. The first-order chi connectivity index (χ1) is 25.1. The zero-order valence-corrected chi connectivity index (χ0v) is 30.9. The predicted molar refractivity (Wildman–Crippen MR) is 187 cm³/mol. The summed E-state index contributed by atoms with van der Waals surface area (Å²) in [5.74, 6) is -14.9. The molecule has 2 fully saturated rings. The molecule has 54 heavy (non-hydrogen) atoms. The van der Waals surface area contributed by atoms with Crippen LogP contribution in [0, 0.1) is 18.3 Å². The molecule has 2 aliphatic rings. The number of fused-ring (bicyclic) bond motifs is 2. The standard InChI is InChI=1S/C31H37F3N8O8S.CH3OP/c1-16(42-30(47,48)28(43,44)39-29(45,46)31(42,49)50)13-41-20(12-35)9-22-17(2)18(3-4-24(22)41)14-40-7-5-19(6-8-40)38-25-23-10-21(11-27(32,33)34)51-26(23)37-15-36-25;1-3-2/h3-4,9-10,15-16,19,39,43-50H,5-8,11,13-14H2,1-2H3,(H,36,37,38);1H3. The number of hydrogen-bond acceptors (Lipinski definition) is 17.